The number of hydrogen-bond acceptors (Lipinski definition) is 10. The molecule has 12 nitrogen and oxygen atoms in total. The number of carbonyl (C=O) groups is 1. The van der Waals surface area contributed by atoms with E-state index >= 15 is 0 Å². The average molecular weight is 495 g/mol. The first-order chi connectivity index (χ1) is 17.4. The maximum Gasteiger partial charge on any atom is 0.280 e. The van der Waals surface area contributed by atoms with E-state index in [2.05, 4.69) is 20.6 Å². The van der Waals surface area contributed by atoms with Crippen LogP contribution < -0.4 is 30.0 Å². The molecule has 0 saturated heterocycles. The SMILES string of the molecule is COc1cc(NC(=O)c2nnn(Cc3nc(-c4ccc(OC)c(OC)c4)oc3C)c2N)cc(OC)c1. The van der Waals surface area contributed by atoms with Crippen molar-refractivity contribution in [1.29, 1.82) is 0 Å². The molecule has 0 atom stereocenters. The standard InChI is InChI=1S/C24H26N6O6/c1-13-18(27-24(36-13)14-6-7-19(34-4)20(8-14)35-5)12-30-22(25)21(28-29-30)23(31)26-15-9-16(32-2)11-17(10-15)33-3/h6-11H,12,25H2,1-5H3,(H,26,31). The van der Waals surface area contributed by atoms with Crippen LogP contribution in [0.4, 0.5) is 11.5 Å². The molecule has 0 aliphatic carbocycles. The van der Waals surface area contributed by atoms with Gasteiger partial charge in [-0.05, 0) is 25.1 Å². The fraction of sp³-hybridized carbons (Fsp3) is 0.250. The fourth-order valence-corrected chi connectivity index (χ4v) is 3.48. The lowest BCUT2D eigenvalue weighted by atomic mass is 10.2. The van der Waals surface area contributed by atoms with E-state index in [1.807, 2.05) is 6.07 Å². The van der Waals surface area contributed by atoms with Gasteiger partial charge in [0.2, 0.25) is 5.89 Å². The zero-order chi connectivity index (χ0) is 25.8. The number of hydrogen-bond donors (Lipinski definition) is 2. The second kappa shape index (κ2) is 10.3. The summed E-state index contributed by atoms with van der Waals surface area (Å²) in [6, 6.07) is 10.3. The Morgan fingerprint density at radius 3 is 2.33 bits per heavy atom. The molecule has 0 aliphatic heterocycles. The number of amides is 1. The molecular weight excluding hydrogens is 468 g/mol. The molecule has 0 fully saturated rings. The summed E-state index contributed by atoms with van der Waals surface area (Å²) >= 11 is 0. The van der Waals surface area contributed by atoms with Crippen molar-refractivity contribution in [3.8, 4) is 34.5 Å². The van der Waals surface area contributed by atoms with E-state index in [1.54, 1.807) is 51.5 Å². The Morgan fingerprint density at radius 1 is 1.00 bits per heavy atom. The van der Waals surface area contributed by atoms with Crippen LogP contribution in [-0.2, 0) is 6.54 Å². The van der Waals surface area contributed by atoms with E-state index in [1.165, 1.54) is 18.9 Å². The normalized spacial score (nSPS) is 10.7. The molecule has 188 valence electrons. The largest absolute Gasteiger partial charge is 0.497 e. The lowest BCUT2D eigenvalue weighted by Crippen LogP contribution is -2.15. The molecule has 0 saturated carbocycles. The van der Waals surface area contributed by atoms with Gasteiger partial charge in [0.15, 0.2) is 23.0 Å². The van der Waals surface area contributed by atoms with Gasteiger partial charge in [-0.25, -0.2) is 9.67 Å². The predicted molar refractivity (Wildman–Crippen MR) is 131 cm³/mol. The number of ether oxygens (including phenoxy) is 4. The van der Waals surface area contributed by atoms with E-state index in [0.717, 1.165) is 0 Å². The minimum Gasteiger partial charge on any atom is -0.497 e. The van der Waals surface area contributed by atoms with Crippen LogP contribution in [-0.4, -0.2) is 54.3 Å². The molecule has 3 N–H and O–H groups in total. The van der Waals surface area contributed by atoms with Gasteiger partial charge in [-0.2, -0.15) is 0 Å². The Labute approximate surface area is 206 Å². The summed E-state index contributed by atoms with van der Waals surface area (Å²) in [5, 5.41) is 10.7. The molecule has 12 heteroatoms. The summed E-state index contributed by atoms with van der Waals surface area (Å²) in [5.74, 6) is 2.71. The number of nitrogen functional groups attached to an aromatic ring is 1. The van der Waals surface area contributed by atoms with Gasteiger partial charge < -0.3 is 34.4 Å². The first-order valence-electron chi connectivity index (χ1n) is 10.8. The summed E-state index contributed by atoms with van der Waals surface area (Å²) in [7, 11) is 6.16. The number of rotatable bonds is 9. The number of aryl methyl sites for hydroxylation is 1. The first-order valence-corrected chi connectivity index (χ1v) is 10.8. The average Bonchev–Trinajstić information content (AvgIpc) is 3.45. The van der Waals surface area contributed by atoms with Crippen molar-refractivity contribution >= 4 is 17.4 Å². The van der Waals surface area contributed by atoms with Crippen LogP contribution in [0.3, 0.4) is 0 Å². The Balaban J connectivity index is 1.53. The van der Waals surface area contributed by atoms with Crippen molar-refractivity contribution in [2.24, 2.45) is 0 Å². The maximum absolute atomic E-state index is 12.8. The van der Waals surface area contributed by atoms with Crippen LogP contribution in [0.1, 0.15) is 21.9 Å². The molecule has 1 amide bonds. The van der Waals surface area contributed by atoms with E-state index in [4.69, 9.17) is 29.1 Å². The Morgan fingerprint density at radius 2 is 1.69 bits per heavy atom. The quantitative estimate of drug-likeness (QED) is 0.355. The topological polar surface area (TPSA) is 149 Å². The van der Waals surface area contributed by atoms with Gasteiger partial charge in [-0.1, -0.05) is 5.21 Å². The molecule has 2 heterocycles. The van der Waals surface area contributed by atoms with Crippen molar-refractivity contribution in [2.45, 2.75) is 13.5 Å². The van der Waals surface area contributed by atoms with Crippen LogP contribution in [0.25, 0.3) is 11.5 Å². The molecule has 4 rings (SSSR count). The molecular formula is C24H26N6O6. The van der Waals surface area contributed by atoms with Crippen LogP contribution in [0.15, 0.2) is 40.8 Å². The Hall–Kier alpha value is -4.74. The summed E-state index contributed by atoms with van der Waals surface area (Å²) in [5.41, 5.74) is 7.92. The molecule has 2 aromatic carbocycles. The van der Waals surface area contributed by atoms with Gasteiger partial charge in [-0.3, -0.25) is 4.79 Å². The van der Waals surface area contributed by atoms with Crippen LogP contribution in [0.5, 0.6) is 23.0 Å². The Bertz CT molecular complexity index is 1370. The molecule has 4 aromatic rings. The molecule has 2 aromatic heterocycles. The summed E-state index contributed by atoms with van der Waals surface area (Å²) in [6.45, 7) is 1.94. The summed E-state index contributed by atoms with van der Waals surface area (Å²) in [6.07, 6.45) is 0. The highest BCUT2D eigenvalue weighted by Gasteiger charge is 2.21. The lowest BCUT2D eigenvalue weighted by molar-refractivity contribution is 0.102. The van der Waals surface area contributed by atoms with E-state index in [-0.39, 0.29) is 18.1 Å². The molecule has 0 spiro atoms. The van der Waals surface area contributed by atoms with E-state index in [9.17, 15) is 4.79 Å². The molecule has 0 bridgehead atoms. The smallest absolute Gasteiger partial charge is 0.280 e. The zero-order valence-corrected chi connectivity index (χ0v) is 20.5. The molecule has 36 heavy (non-hydrogen) atoms. The number of methoxy groups -OCH3 is 4. The molecule has 0 aliphatic rings. The minimum atomic E-state index is -0.531. The third kappa shape index (κ3) is 4.87. The highest BCUT2D eigenvalue weighted by atomic mass is 16.5. The van der Waals surface area contributed by atoms with Gasteiger partial charge in [0.1, 0.15) is 23.0 Å². The van der Waals surface area contributed by atoms with Gasteiger partial charge in [0.05, 0.1) is 35.0 Å². The second-order valence-electron chi connectivity index (χ2n) is 7.63. The summed E-state index contributed by atoms with van der Waals surface area (Å²) < 4.78 is 28.3. The minimum absolute atomic E-state index is 0.0296. The molecule has 0 radical (unpaired) electrons. The lowest BCUT2D eigenvalue weighted by Gasteiger charge is -2.09. The van der Waals surface area contributed by atoms with Gasteiger partial charge in [0.25, 0.3) is 5.91 Å². The van der Waals surface area contributed by atoms with Crippen LogP contribution >= 0.6 is 0 Å². The number of aromatic nitrogens is 4. The number of oxazole rings is 1. The zero-order valence-electron chi connectivity index (χ0n) is 20.5. The van der Waals surface area contributed by atoms with Crippen molar-refractivity contribution in [3.05, 3.63) is 53.5 Å². The number of carbonyl (C=O) groups excluding carboxylic acids is 1. The van der Waals surface area contributed by atoms with Crippen molar-refractivity contribution in [2.75, 3.05) is 39.5 Å². The Kier molecular flexibility index (Phi) is 6.95. The van der Waals surface area contributed by atoms with E-state index < -0.39 is 5.91 Å². The van der Waals surface area contributed by atoms with Crippen molar-refractivity contribution in [1.82, 2.24) is 20.0 Å². The number of anilines is 2. The maximum atomic E-state index is 12.8. The van der Waals surface area contributed by atoms with Gasteiger partial charge in [0, 0.05) is 29.4 Å². The predicted octanol–water partition coefficient (Wildman–Crippen LogP) is 3.16. The first kappa shape index (κ1) is 24.4. The summed E-state index contributed by atoms with van der Waals surface area (Å²) in [4.78, 5) is 17.4. The van der Waals surface area contributed by atoms with Crippen molar-refractivity contribution < 1.29 is 28.2 Å². The third-order valence-electron chi connectivity index (χ3n) is 5.42. The number of nitrogens with zero attached hydrogens (tertiary/aromatic N) is 4. The van der Waals surface area contributed by atoms with Crippen LogP contribution in [0.2, 0.25) is 0 Å². The van der Waals surface area contributed by atoms with Crippen LogP contribution in [0, 0.1) is 6.92 Å². The number of nitrogens with two attached hydrogens (primary N) is 1. The highest BCUT2D eigenvalue weighted by molar-refractivity contribution is 6.05. The van der Waals surface area contributed by atoms with Gasteiger partial charge in [-0.15, -0.1) is 5.10 Å². The number of benzene rings is 2. The second-order valence-corrected chi connectivity index (χ2v) is 7.63. The fourth-order valence-electron chi connectivity index (χ4n) is 3.48. The third-order valence-corrected chi connectivity index (χ3v) is 5.42. The molecule has 0 unspecified atom stereocenters. The van der Waals surface area contributed by atoms with Crippen molar-refractivity contribution in [3.63, 3.8) is 0 Å². The van der Waals surface area contributed by atoms with Gasteiger partial charge >= 0.3 is 0 Å². The van der Waals surface area contributed by atoms with E-state index in [0.29, 0.717) is 51.6 Å². The highest BCUT2D eigenvalue weighted by Crippen LogP contribution is 2.33. The number of nitrogens with one attached hydrogen (secondary N) is 1. The monoisotopic (exact) mass is 494 g/mol.